The van der Waals surface area contributed by atoms with Gasteiger partial charge in [0.05, 0.1) is 22.1 Å². The van der Waals surface area contributed by atoms with Gasteiger partial charge >= 0.3 is 0 Å². The molecule has 0 unspecified atom stereocenters. The molecule has 2 heteroatoms. The van der Waals surface area contributed by atoms with E-state index in [2.05, 4.69) is 266 Å². The summed E-state index contributed by atoms with van der Waals surface area (Å²) in [6.45, 7) is 4.75. The fourth-order valence-corrected chi connectivity index (χ4v) is 11.7. The average molecular weight is 843 g/mol. The Hall–Kier alpha value is -8.20. The topological polar surface area (TPSA) is 8.17 Å². The van der Waals surface area contributed by atoms with Crippen molar-refractivity contribution < 1.29 is 0 Å². The van der Waals surface area contributed by atoms with Gasteiger partial charge in [-0.1, -0.05) is 202 Å². The van der Waals surface area contributed by atoms with Crippen molar-refractivity contribution in [1.29, 1.82) is 0 Å². The predicted octanol–water partition coefficient (Wildman–Crippen LogP) is 16.6. The first-order valence-electron chi connectivity index (χ1n) is 23.1. The zero-order valence-electron chi connectivity index (χ0n) is 37.0. The Balaban J connectivity index is 1.01. The van der Waals surface area contributed by atoms with E-state index < -0.39 is 5.41 Å². The van der Waals surface area contributed by atoms with Gasteiger partial charge in [0.2, 0.25) is 0 Å². The van der Waals surface area contributed by atoms with Crippen LogP contribution in [0.3, 0.4) is 0 Å². The maximum absolute atomic E-state index is 2.51. The summed E-state index contributed by atoms with van der Waals surface area (Å²) in [6, 6.07) is 90.0. The van der Waals surface area contributed by atoms with Crippen molar-refractivity contribution in [2.24, 2.45) is 0 Å². The molecule has 0 N–H and O–H groups in total. The van der Waals surface area contributed by atoms with E-state index in [1.807, 2.05) is 0 Å². The molecular weight excluding hydrogens is 797 g/mol. The molecule has 1 aromatic heterocycles. The zero-order chi connectivity index (χ0) is 44.0. The highest BCUT2D eigenvalue weighted by Crippen LogP contribution is 2.60. The smallest absolute Gasteiger partial charge is 0.0714 e. The number of fused-ring (bicyclic) bond motifs is 9. The third kappa shape index (κ3) is 5.48. The highest BCUT2D eigenvalue weighted by atomic mass is 15.1. The van der Waals surface area contributed by atoms with Crippen LogP contribution in [0.4, 0.5) is 17.1 Å². The molecule has 2 aliphatic carbocycles. The van der Waals surface area contributed by atoms with Crippen LogP contribution in [0.25, 0.3) is 60.9 Å². The van der Waals surface area contributed by atoms with Crippen LogP contribution < -0.4 is 4.90 Å². The third-order valence-electron chi connectivity index (χ3n) is 14.7. The molecule has 66 heavy (non-hydrogen) atoms. The lowest BCUT2D eigenvalue weighted by Gasteiger charge is -2.34. The number of hydrogen-bond donors (Lipinski definition) is 0. The summed E-state index contributed by atoms with van der Waals surface area (Å²) in [7, 11) is 0. The summed E-state index contributed by atoms with van der Waals surface area (Å²) in [6.07, 6.45) is 0. The molecule has 0 amide bonds. The first-order chi connectivity index (χ1) is 32.5. The molecule has 2 aliphatic rings. The fraction of sp³-hybridized carbons (Fsp3) is 0.0625. The molecule has 312 valence electrons. The average Bonchev–Trinajstić information content (AvgIpc) is 3.96. The molecule has 0 aliphatic heterocycles. The van der Waals surface area contributed by atoms with Crippen molar-refractivity contribution in [2.45, 2.75) is 24.7 Å². The minimum atomic E-state index is -0.511. The Morgan fingerprint density at radius 3 is 1.61 bits per heavy atom. The van der Waals surface area contributed by atoms with Crippen molar-refractivity contribution in [3.05, 3.63) is 276 Å². The van der Waals surface area contributed by atoms with E-state index in [-0.39, 0.29) is 5.41 Å². The van der Waals surface area contributed by atoms with Crippen LogP contribution in [0.5, 0.6) is 0 Å². The van der Waals surface area contributed by atoms with Crippen molar-refractivity contribution in [2.75, 3.05) is 4.90 Å². The van der Waals surface area contributed by atoms with Gasteiger partial charge in [-0.05, 0) is 116 Å². The standard InChI is InChI=1S/C64H46N2/c1-63(2)55-29-13-9-25-50(55)51-40-39-49(42-58(51)63)65(47-37-35-43(36-38-47)44-19-17-24-48(41-44)66-59-32-15-11-26-52(59)53-27-12-16-33-60(53)66)61-34-18-31-57-62(61)54-28-10-14-30-56(54)64(57,45-20-5-3-6-21-45)46-22-7-4-8-23-46/h3-42H,1-2H3. The lowest BCUT2D eigenvalue weighted by molar-refractivity contribution is 0.660. The Labute approximate surface area is 386 Å². The van der Waals surface area contributed by atoms with Gasteiger partial charge in [0.25, 0.3) is 0 Å². The minimum Gasteiger partial charge on any atom is -0.310 e. The number of hydrogen-bond acceptors (Lipinski definition) is 1. The maximum Gasteiger partial charge on any atom is 0.0714 e. The molecule has 10 aromatic carbocycles. The monoisotopic (exact) mass is 842 g/mol. The molecular formula is C64H46N2. The van der Waals surface area contributed by atoms with Gasteiger partial charge in [-0.2, -0.15) is 0 Å². The van der Waals surface area contributed by atoms with E-state index in [4.69, 9.17) is 0 Å². The molecule has 0 saturated heterocycles. The number of anilines is 3. The quantitative estimate of drug-likeness (QED) is 0.155. The van der Waals surface area contributed by atoms with Crippen LogP contribution in [0.1, 0.15) is 47.2 Å². The lowest BCUT2D eigenvalue weighted by Crippen LogP contribution is -2.28. The molecule has 0 bridgehead atoms. The van der Waals surface area contributed by atoms with Crippen molar-refractivity contribution in [3.63, 3.8) is 0 Å². The van der Waals surface area contributed by atoms with Gasteiger partial charge in [-0.15, -0.1) is 0 Å². The van der Waals surface area contributed by atoms with Crippen molar-refractivity contribution in [3.8, 4) is 39.1 Å². The van der Waals surface area contributed by atoms with Crippen LogP contribution in [0, 0.1) is 0 Å². The normalized spacial score (nSPS) is 13.8. The Bertz CT molecular complexity index is 3580. The zero-order valence-corrected chi connectivity index (χ0v) is 37.0. The van der Waals surface area contributed by atoms with Gasteiger partial charge in [-0.25, -0.2) is 0 Å². The molecule has 2 nitrogen and oxygen atoms in total. The van der Waals surface area contributed by atoms with Gasteiger partial charge in [0.15, 0.2) is 0 Å². The van der Waals surface area contributed by atoms with E-state index in [1.54, 1.807) is 0 Å². The Morgan fingerprint density at radius 1 is 0.364 bits per heavy atom. The SMILES string of the molecule is CC1(C)c2ccccc2-c2ccc(N(c3ccc(-c4cccc(-n5c6ccccc6c6ccccc65)c4)cc3)c3cccc4c3-c3ccccc3C4(c3ccccc3)c3ccccc3)cc21. The molecule has 0 fully saturated rings. The second-order valence-electron chi connectivity index (χ2n) is 18.4. The van der Waals surface area contributed by atoms with E-state index >= 15 is 0 Å². The van der Waals surface area contributed by atoms with Crippen LogP contribution in [-0.2, 0) is 10.8 Å². The predicted molar refractivity (Wildman–Crippen MR) is 276 cm³/mol. The second kappa shape index (κ2) is 14.7. The number of nitrogens with zero attached hydrogens (tertiary/aromatic N) is 2. The van der Waals surface area contributed by atoms with Crippen LogP contribution in [0.15, 0.2) is 243 Å². The number of benzene rings is 10. The molecule has 0 spiro atoms. The number of para-hydroxylation sites is 2. The molecule has 0 atom stereocenters. The summed E-state index contributed by atoms with van der Waals surface area (Å²) in [5, 5.41) is 2.53. The molecule has 0 saturated carbocycles. The Kier molecular flexibility index (Phi) is 8.51. The van der Waals surface area contributed by atoms with Gasteiger partial charge in [-0.3, -0.25) is 0 Å². The van der Waals surface area contributed by atoms with Gasteiger partial charge < -0.3 is 9.47 Å². The summed E-state index contributed by atoms with van der Waals surface area (Å²) in [4.78, 5) is 2.51. The van der Waals surface area contributed by atoms with E-state index in [0.29, 0.717) is 0 Å². The van der Waals surface area contributed by atoms with E-state index in [1.165, 1.54) is 88.6 Å². The maximum atomic E-state index is 2.51. The van der Waals surface area contributed by atoms with Crippen LogP contribution in [0.2, 0.25) is 0 Å². The largest absolute Gasteiger partial charge is 0.310 e. The summed E-state index contributed by atoms with van der Waals surface area (Å²) < 4.78 is 2.40. The molecule has 13 rings (SSSR count). The lowest BCUT2D eigenvalue weighted by atomic mass is 9.68. The van der Waals surface area contributed by atoms with Gasteiger partial charge in [0, 0.05) is 38.8 Å². The number of aromatic nitrogens is 1. The highest BCUT2D eigenvalue weighted by molar-refractivity contribution is 6.09. The minimum absolute atomic E-state index is 0.153. The third-order valence-corrected chi connectivity index (χ3v) is 14.7. The fourth-order valence-electron chi connectivity index (χ4n) is 11.7. The molecule has 1 heterocycles. The first kappa shape index (κ1) is 38.3. The summed E-state index contributed by atoms with van der Waals surface area (Å²) in [5.41, 5.74) is 21.6. The summed E-state index contributed by atoms with van der Waals surface area (Å²) in [5.74, 6) is 0. The van der Waals surface area contributed by atoms with Crippen LogP contribution in [-0.4, -0.2) is 4.57 Å². The van der Waals surface area contributed by atoms with E-state index in [9.17, 15) is 0 Å². The van der Waals surface area contributed by atoms with Crippen molar-refractivity contribution >= 4 is 38.9 Å². The summed E-state index contributed by atoms with van der Waals surface area (Å²) >= 11 is 0. The Morgan fingerprint density at radius 2 is 0.909 bits per heavy atom. The molecule has 0 radical (unpaired) electrons. The van der Waals surface area contributed by atoms with Gasteiger partial charge in [0.1, 0.15) is 0 Å². The van der Waals surface area contributed by atoms with Crippen molar-refractivity contribution in [1.82, 2.24) is 4.57 Å². The van der Waals surface area contributed by atoms with Crippen LogP contribution >= 0.6 is 0 Å². The second-order valence-corrected chi connectivity index (χ2v) is 18.4. The number of rotatable bonds is 7. The molecule has 11 aromatic rings. The highest BCUT2D eigenvalue weighted by Gasteiger charge is 2.47. The first-order valence-corrected chi connectivity index (χ1v) is 23.1. The van der Waals surface area contributed by atoms with E-state index in [0.717, 1.165) is 22.7 Å².